The number of anilines is 1. The Balaban J connectivity index is 1.94. The lowest BCUT2D eigenvalue weighted by atomic mass is 10.1. The summed E-state index contributed by atoms with van der Waals surface area (Å²) in [6.07, 6.45) is 1.45. The van der Waals surface area contributed by atoms with Crippen LogP contribution in [0.2, 0.25) is 0 Å². The molecule has 0 saturated heterocycles. The number of benzene rings is 1. The molecule has 1 amide bonds. The van der Waals surface area contributed by atoms with E-state index in [1.165, 1.54) is 24.8 Å². The zero-order chi connectivity index (χ0) is 16.1. The number of rotatable bonds is 5. The lowest BCUT2D eigenvalue weighted by molar-refractivity contribution is -0.123. The zero-order valence-corrected chi connectivity index (χ0v) is 12.9. The highest BCUT2D eigenvalue weighted by atomic mass is 16.5. The number of hydrogen-bond acceptors (Lipinski definition) is 4. The summed E-state index contributed by atoms with van der Waals surface area (Å²) in [6.45, 7) is 5.26. The average Bonchev–Trinajstić information content (AvgIpc) is 2.94. The highest BCUT2D eigenvalue weighted by molar-refractivity contribution is 5.97. The maximum Gasteiger partial charge on any atom is 0.342 e. The predicted molar refractivity (Wildman–Crippen MR) is 82.8 cm³/mol. The molecule has 1 aromatic heterocycles. The molecule has 2 aromatic rings. The van der Waals surface area contributed by atoms with Gasteiger partial charge in [0.15, 0.2) is 6.10 Å². The third-order valence-corrected chi connectivity index (χ3v) is 3.36. The van der Waals surface area contributed by atoms with Crippen molar-refractivity contribution in [2.75, 3.05) is 5.32 Å². The molecular weight excluding hydrogens is 282 g/mol. The molecule has 0 saturated carbocycles. The van der Waals surface area contributed by atoms with Gasteiger partial charge in [-0.15, -0.1) is 0 Å². The molecule has 5 heteroatoms. The fraction of sp³-hybridized carbons (Fsp3) is 0.294. The zero-order valence-electron chi connectivity index (χ0n) is 12.9. The number of furan rings is 1. The number of nitrogens with one attached hydrogen (secondary N) is 1. The first-order valence-corrected chi connectivity index (χ1v) is 7.16. The topological polar surface area (TPSA) is 68.5 Å². The first-order valence-electron chi connectivity index (χ1n) is 7.16. The Hall–Kier alpha value is -2.56. The molecule has 0 aliphatic heterocycles. The molecule has 0 aliphatic rings. The van der Waals surface area contributed by atoms with Crippen LogP contribution < -0.4 is 5.32 Å². The standard InChI is InChI=1S/C17H19NO4/c1-4-13-5-7-14(8-6-13)18-16(19)12(3)22-17(20)15-9-10-21-11(15)2/h5-10,12H,4H2,1-3H3,(H,18,19). The van der Waals surface area contributed by atoms with Crippen LogP contribution in [0.5, 0.6) is 0 Å². The lowest BCUT2D eigenvalue weighted by Gasteiger charge is -2.13. The molecule has 116 valence electrons. The van der Waals surface area contributed by atoms with E-state index in [9.17, 15) is 9.59 Å². The van der Waals surface area contributed by atoms with E-state index in [1.807, 2.05) is 24.3 Å². The van der Waals surface area contributed by atoms with Crippen molar-refractivity contribution < 1.29 is 18.7 Å². The molecule has 0 fully saturated rings. The highest BCUT2D eigenvalue weighted by Gasteiger charge is 2.21. The van der Waals surface area contributed by atoms with E-state index in [0.717, 1.165) is 6.42 Å². The van der Waals surface area contributed by atoms with E-state index in [2.05, 4.69) is 12.2 Å². The van der Waals surface area contributed by atoms with E-state index in [-0.39, 0.29) is 5.91 Å². The van der Waals surface area contributed by atoms with Crippen molar-refractivity contribution in [3.05, 3.63) is 53.5 Å². The van der Waals surface area contributed by atoms with Crippen molar-refractivity contribution in [2.24, 2.45) is 0 Å². The smallest absolute Gasteiger partial charge is 0.342 e. The molecule has 5 nitrogen and oxygen atoms in total. The Morgan fingerprint density at radius 3 is 2.45 bits per heavy atom. The quantitative estimate of drug-likeness (QED) is 0.860. The molecule has 1 unspecified atom stereocenters. The Bertz CT molecular complexity index is 658. The average molecular weight is 301 g/mol. The SMILES string of the molecule is CCc1ccc(NC(=O)C(C)OC(=O)c2ccoc2C)cc1. The summed E-state index contributed by atoms with van der Waals surface area (Å²) in [5, 5.41) is 2.72. The first-order chi connectivity index (χ1) is 10.5. The highest BCUT2D eigenvalue weighted by Crippen LogP contribution is 2.13. The van der Waals surface area contributed by atoms with Gasteiger partial charge in [-0.1, -0.05) is 19.1 Å². The van der Waals surface area contributed by atoms with Crippen LogP contribution in [-0.4, -0.2) is 18.0 Å². The third-order valence-electron chi connectivity index (χ3n) is 3.36. The number of hydrogen-bond donors (Lipinski definition) is 1. The van der Waals surface area contributed by atoms with E-state index in [1.54, 1.807) is 6.92 Å². The molecule has 1 heterocycles. The van der Waals surface area contributed by atoms with Crippen LogP contribution >= 0.6 is 0 Å². The Labute approximate surface area is 129 Å². The van der Waals surface area contributed by atoms with Crippen molar-refractivity contribution in [2.45, 2.75) is 33.3 Å². The lowest BCUT2D eigenvalue weighted by Crippen LogP contribution is -2.30. The fourth-order valence-corrected chi connectivity index (χ4v) is 1.94. The van der Waals surface area contributed by atoms with Gasteiger partial charge in [-0.3, -0.25) is 4.79 Å². The van der Waals surface area contributed by atoms with Crippen molar-refractivity contribution >= 4 is 17.6 Å². The van der Waals surface area contributed by atoms with Crippen molar-refractivity contribution in [3.8, 4) is 0 Å². The number of aryl methyl sites for hydroxylation is 2. The summed E-state index contributed by atoms with van der Waals surface area (Å²) >= 11 is 0. The van der Waals surface area contributed by atoms with Crippen LogP contribution in [0.25, 0.3) is 0 Å². The summed E-state index contributed by atoms with van der Waals surface area (Å²) < 4.78 is 10.2. The maximum absolute atomic E-state index is 12.0. The van der Waals surface area contributed by atoms with Crippen LogP contribution in [0, 0.1) is 6.92 Å². The molecular formula is C17H19NO4. The van der Waals surface area contributed by atoms with Gasteiger partial charge in [-0.05, 0) is 44.0 Å². The van der Waals surface area contributed by atoms with E-state index in [0.29, 0.717) is 17.0 Å². The van der Waals surface area contributed by atoms with Crippen LogP contribution in [0.1, 0.15) is 35.5 Å². The molecule has 0 bridgehead atoms. The van der Waals surface area contributed by atoms with Gasteiger partial charge in [0.25, 0.3) is 5.91 Å². The summed E-state index contributed by atoms with van der Waals surface area (Å²) in [5.41, 5.74) is 2.18. The molecule has 1 aromatic carbocycles. The van der Waals surface area contributed by atoms with Crippen LogP contribution in [0.15, 0.2) is 41.0 Å². The second kappa shape index (κ2) is 6.93. The molecule has 1 atom stereocenters. The van der Waals surface area contributed by atoms with Crippen LogP contribution in [0.3, 0.4) is 0 Å². The van der Waals surface area contributed by atoms with Gasteiger partial charge in [0.05, 0.1) is 6.26 Å². The van der Waals surface area contributed by atoms with Gasteiger partial charge in [0.1, 0.15) is 11.3 Å². The van der Waals surface area contributed by atoms with E-state index >= 15 is 0 Å². The Morgan fingerprint density at radius 2 is 1.91 bits per heavy atom. The van der Waals surface area contributed by atoms with Crippen LogP contribution in [-0.2, 0) is 16.0 Å². The van der Waals surface area contributed by atoms with Gasteiger partial charge in [0.2, 0.25) is 0 Å². The van der Waals surface area contributed by atoms with Gasteiger partial charge in [-0.25, -0.2) is 4.79 Å². The summed E-state index contributed by atoms with van der Waals surface area (Å²) in [6, 6.07) is 9.06. The van der Waals surface area contributed by atoms with Crippen molar-refractivity contribution in [3.63, 3.8) is 0 Å². The van der Waals surface area contributed by atoms with Gasteiger partial charge >= 0.3 is 5.97 Å². The van der Waals surface area contributed by atoms with Crippen LogP contribution in [0.4, 0.5) is 5.69 Å². The van der Waals surface area contributed by atoms with Gasteiger partial charge in [-0.2, -0.15) is 0 Å². The summed E-state index contributed by atoms with van der Waals surface area (Å²) in [4.78, 5) is 24.0. The Kier molecular flexibility index (Phi) is 4.99. The number of amides is 1. The summed E-state index contributed by atoms with van der Waals surface area (Å²) in [5.74, 6) is -0.485. The minimum absolute atomic E-state index is 0.326. The normalized spacial score (nSPS) is 11.8. The second-order valence-corrected chi connectivity index (χ2v) is 4.98. The largest absolute Gasteiger partial charge is 0.469 e. The van der Waals surface area contributed by atoms with Crippen molar-refractivity contribution in [1.29, 1.82) is 0 Å². The first kappa shape index (κ1) is 15.8. The third kappa shape index (κ3) is 3.75. The minimum Gasteiger partial charge on any atom is -0.469 e. The fourth-order valence-electron chi connectivity index (χ4n) is 1.94. The molecule has 2 rings (SSSR count). The molecule has 22 heavy (non-hydrogen) atoms. The number of ether oxygens (including phenoxy) is 1. The molecule has 1 N–H and O–H groups in total. The van der Waals surface area contributed by atoms with Gasteiger partial charge < -0.3 is 14.5 Å². The van der Waals surface area contributed by atoms with Crippen molar-refractivity contribution in [1.82, 2.24) is 0 Å². The Morgan fingerprint density at radius 1 is 1.23 bits per heavy atom. The van der Waals surface area contributed by atoms with Gasteiger partial charge in [0, 0.05) is 5.69 Å². The predicted octanol–water partition coefficient (Wildman–Crippen LogP) is 3.33. The van der Waals surface area contributed by atoms with E-state index in [4.69, 9.17) is 9.15 Å². The maximum atomic E-state index is 12.0. The molecule has 0 aliphatic carbocycles. The van der Waals surface area contributed by atoms with E-state index < -0.39 is 12.1 Å². The number of carbonyl (C=O) groups is 2. The monoisotopic (exact) mass is 301 g/mol. The minimum atomic E-state index is -0.896. The second-order valence-electron chi connectivity index (χ2n) is 4.98. The number of carbonyl (C=O) groups excluding carboxylic acids is 2. The summed E-state index contributed by atoms with van der Waals surface area (Å²) in [7, 11) is 0. The molecule has 0 radical (unpaired) electrons. The number of esters is 1. The molecule has 0 spiro atoms.